The monoisotopic (exact) mass is 399 g/mol. The molecule has 7 heteroatoms. The molecule has 1 aromatic carbocycles. The number of aromatic nitrogens is 2. The molecule has 1 amide bonds. The van der Waals surface area contributed by atoms with Crippen molar-refractivity contribution < 1.29 is 14.7 Å². The molecule has 4 atom stereocenters. The van der Waals surface area contributed by atoms with Gasteiger partial charge in [-0.1, -0.05) is 42.0 Å². The number of nitrogens with zero attached hydrogens (tertiary/aromatic N) is 2. The van der Waals surface area contributed by atoms with E-state index in [2.05, 4.69) is 10.4 Å². The van der Waals surface area contributed by atoms with E-state index < -0.39 is 17.8 Å². The maximum absolute atomic E-state index is 13.0. The highest BCUT2D eigenvalue weighted by molar-refractivity contribution is 6.31. The summed E-state index contributed by atoms with van der Waals surface area (Å²) in [6.45, 7) is 4.22. The Morgan fingerprint density at radius 1 is 1.21 bits per heavy atom. The molecule has 1 heterocycles. The Morgan fingerprint density at radius 2 is 1.89 bits per heavy atom. The van der Waals surface area contributed by atoms with Crippen molar-refractivity contribution in [2.75, 3.05) is 5.32 Å². The number of fused-ring (bicyclic) bond motifs is 2. The van der Waals surface area contributed by atoms with Crippen LogP contribution in [0.5, 0.6) is 0 Å². The molecule has 0 unspecified atom stereocenters. The summed E-state index contributed by atoms with van der Waals surface area (Å²) in [5.74, 6) is -2.41. The third-order valence-electron chi connectivity index (χ3n) is 5.95. The van der Waals surface area contributed by atoms with Gasteiger partial charge < -0.3 is 10.4 Å². The first-order chi connectivity index (χ1) is 13.4. The number of anilines is 1. The van der Waals surface area contributed by atoms with Gasteiger partial charge in [0.05, 0.1) is 35.5 Å². The molecule has 4 rings (SSSR count). The van der Waals surface area contributed by atoms with Crippen LogP contribution in [-0.4, -0.2) is 26.8 Å². The lowest BCUT2D eigenvalue weighted by molar-refractivity contribution is -0.146. The number of benzene rings is 1. The number of aryl methyl sites for hydroxylation is 1. The summed E-state index contributed by atoms with van der Waals surface area (Å²) in [6.07, 6.45) is 4.65. The molecule has 2 aromatic rings. The van der Waals surface area contributed by atoms with Crippen LogP contribution in [0.25, 0.3) is 0 Å². The molecule has 0 aliphatic heterocycles. The fourth-order valence-corrected chi connectivity index (χ4v) is 4.74. The van der Waals surface area contributed by atoms with Gasteiger partial charge in [0, 0.05) is 5.02 Å². The number of carbonyl (C=O) groups excluding carboxylic acids is 1. The lowest BCUT2D eigenvalue weighted by atomic mass is 9.82. The third-order valence-corrected chi connectivity index (χ3v) is 6.32. The van der Waals surface area contributed by atoms with E-state index in [1.807, 2.05) is 54.9 Å². The zero-order valence-corrected chi connectivity index (χ0v) is 16.5. The van der Waals surface area contributed by atoms with Crippen molar-refractivity contribution in [2.24, 2.45) is 23.7 Å². The van der Waals surface area contributed by atoms with Gasteiger partial charge in [-0.25, -0.2) is 0 Å². The summed E-state index contributed by atoms with van der Waals surface area (Å²) in [6, 6.07) is 7.57. The number of aliphatic carboxylic acids is 1. The van der Waals surface area contributed by atoms with Crippen LogP contribution in [0.3, 0.4) is 0 Å². The Morgan fingerprint density at radius 3 is 2.57 bits per heavy atom. The zero-order valence-electron chi connectivity index (χ0n) is 15.7. The predicted octanol–water partition coefficient (Wildman–Crippen LogP) is 3.66. The highest BCUT2D eigenvalue weighted by atomic mass is 35.5. The molecule has 1 aromatic heterocycles. The molecule has 28 heavy (non-hydrogen) atoms. The molecule has 0 saturated heterocycles. The van der Waals surface area contributed by atoms with Gasteiger partial charge in [0.15, 0.2) is 0 Å². The summed E-state index contributed by atoms with van der Waals surface area (Å²) in [5.41, 5.74) is 3.10. The second-order valence-electron chi connectivity index (χ2n) is 7.62. The second kappa shape index (κ2) is 7.09. The van der Waals surface area contributed by atoms with E-state index >= 15 is 0 Å². The van der Waals surface area contributed by atoms with E-state index in [1.54, 1.807) is 0 Å². The first-order valence-electron chi connectivity index (χ1n) is 9.36. The Hall–Kier alpha value is -2.60. The lowest BCUT2D eigenvalue weighted by Gasteiger charge is -2.23. The second-order valence-corrected chi connectivity index (χ2v) is 8.03. The van der Waals surface area contributed by atoms with Crippen molar-refractivity contribution in [1.82, 2.24) is 9.78 Å². The van der Waals surface area contributed by atoms with Crippen LogP contribution in [0.2, 0.25) is 5.02 Å². The molecule has 2 N–H and O–H groups in total. The average Bonchev–Trinajstić information content (AvgIpc) is 3.33. The van der Waals surface area contributed by atoms with Gasteiger partial charge >= 0.3 is 5.97 Å². The fraction of sp³-hybridized carbons (Fsp3) is 0.381. The normalized spacial score (nSPS) is 25.2. The van der Waals surface area contributed by atoms with Crippen LogP contribution >= 0.6 is 11.6 Å². The molecule has 6 nitrogen and oxygen atoms in total. The van der Waals surface area contributed by atoms with Gasteiger partial charge in [0.1, 0.15) is 0 Å². The van der Waals surface area contributed by atoms with Crippen LogP contribution in [-0.2, 0) is 16.1 Å². The van der Waals surface area contributed by atoms with Crippen molar-refractivity contribution in [2.45, 2.75) is 26.8 Å². The lowest BCUT2D eigenvalue weighted by Crippen LogP contribution is -2.36. The highest BCUT2D eigenvalue weighted by Crippen LogP contribution is 2.48. The maximum Gasteiger partial charge on any atom is 0.307 e. The minimum atomic E-state index is -0.903. The predicted molar refractivity (Wildman–Crippen MR) is 106 cm³/mol. The van der Waals surface area contributed by atoms with Gasteiger partial charge in [-0.2, -0.15) is 5.10 Å². The first kappa shape index (κ1) is 18.7. The van der Waals surface area contributed by atoms with E-state index in [-0.39, 0.29) is 17.7 Å². The van der Waals surface area contributed by atoms with E-state index in [1.165, 1.54) is 0 Å². The minimum Gasteiger partial charge on any atom is -0.481 e. The number of allylic oxidation sites excluding steroid dienone is 2. The molecular formula is C21H22ClN3O3. The van der Waals surface area contributed by atoms with Gasteiger partial charge in [0.2, 0.25) is 5.91 Å². The van der Waals surface area contributed by atoms with Crippen molar-refractivity contribution >= 4 is 29.2 Å². The zero-order chi connectivity index (χ0) is 20.0. The van der Waals surface area contributed by atoms with E-state index in [0.717, 1.165) is 17.7 Å². The van der Waals surface area contributed by atoms with E-state index in [0.29, 0.717) is 22.9 Å². The number of carbonyl (C=O) groups is 2. The standard InChI is InChI=1S/C21H22ClN3O3/c1-11-19(12(2)25(24-11)10-15-5-3-4-6-16(15)22)23-20(26)17-13-7-8-14(9-13)18(17)21(27)28/h3-8,13-14,17-18H,9-10H2,1-2H3,(H,23,26)(H,27,28)/t13-,14-,17-,18+/m0/s1. The van der Waals surface area contributed by atoms with Gasteiger partial charge in [0.25, 0.3) is 0 Å². The third kappa shape index (κ3) is 3.11. The SMILES string of the molecule is Cc1nn(Cc2ccccc2Cl)c(C)c1NC(=O)[C@@H]1[C@H](C(=O)O)[C@H]2C=C[C@H]1C2. The number of carboxylic acid groups (broad SMARTS) is 1. The molecule has 1 saturated carbocycles. The van der Waals surface area contributed by atoms with E-state index in [4.69, 9.17) is 11.6 Å². The van der Waals surface area contributed by atoms with Crippen molar-refractivity contribution in [3.05, 3.63) is 58.4 Å². The van der Waals surface area contributed by atoms with Gasteiger partial charge in [-0.3, -0.25) is 14.3 Å². The maximum atomic E-state index is 13.0. The van der Waals surface area contributed by atoms with Crippen LogP contribution in [0.4, 0.5) is 5.69 Å². The van der Waals surface area contributed by atoms with Crippen molar-refractivity contribution in [3.63, 3.8) is 0 Å². The number of nitrogens with one attached hydrogen (secondary N) is 1. The van der Waals surface area contributed by atoms with E-state index in [9.17, 15) is 14.7 Å². The summed E-state index contributed by atoms with van der Waals surface area (Å²) in [7, 11) is 0. The molecule has 146 valence electrons. The summed E-state index contributed by atoms with van der Waals surface area (Å²) >= 11 is 6.25. The molecule has 0 spiro atoms. The first-order valence-corrected chi connectivity index (χ1v) is 9.74. The van der Waals surface area contributed by atoms with Gasteiger partial charge in [-0.15, -0.1) is 0 Å². The molecule has 2 bridgehead atoms. The number of carboxylic acids is 1. The number of halogens is 1. The largest absolute Gasteiger partial charge is 0.481 e. The average molecular weight is 400 g/mol. The Bertz CT molecular complexity index is 981. The number of hydrogen-bond donors (Lipinski definition) is 2. The molecular weight excluding hydrogens is 378 g/mol. The molecule has 1 fully saturated rings. The topological polar surface area (TPSA) is 84.2 Å². The summed E-state index contributed by atoms with van der Waals surface area (Å²) < 4.78 is 1.81. The molecule has 2 aliphatic carbocycles. The number of rotatable bonds is 5. The molecule has 0 radical (unpaired) electrons. The van der Waals surface area contributed by atoms with Crippen LogP contribution in [0, 0.1) is 37.5 Å². The van der Waals surface area contributed by atoms with Crippen LogP contribution < -0.4 is 5.32 Å². The Labute approximate surface area is 168 Å². The number of hydrogen-bond acceptors (Lipinski definition) is 3. The van der Waals surface area contributed by atoms with Crippen molar-refractivity contribution in [3.8, 4) is 0 Å². The quantitative estimate of drug-likeness (QED) is 0.751. The summed E-state index contributed by atoms with van der Waals surface area (Å²) in [4.78, 5) is 24.7. The smallest absolute Gasteiger partial charge is 0.307 e. The number of amides is 1. The van der Waals surface area contributed by atoms with Crippen LogP contribution in [0.1, 0.15) is 23.4 Å². The van der Waals surface area contributed by atoms with Gasteiger partial charge in [-0.05, 0) is 43.7 Å². The fourth-order valence-electron chi connectivity index (χ4n) is 4.54. The highest BCUT2D eigenvalue weighted by Gasteiger charge is 2.51. The van der Waals surface area contributed by atoms with Crippen LogP contribution in [0.15, 0.2) is 36.4 Å². The summed E-state index contributed by atoms with van der Waals surface area (Å²) in [5, 5.41) is 17.7. The Balaban J connectivity index is 1.56. The minimum absolute atomic E-state index is 0.00937. The Kier molecular flexibility index (Phi) is 4.75. The van der Waals surface area contributed by atoms with Crippen molar-refractivity contribution in [1.29, 1.82) is 0 Å². The molecule has 2 aliphatic rings.